The molecule has 3 aromatic heterocycles. The average molecular weight is 533 g/mol. The summed E-state index contributed by atoms with van der Waals surface area (Å²) in [7, 11) is 0. The molecule has 40 heavy (non-hydrogen) atoms. The lowest BCUT2D eigenvalue weighted by Gasteiger charge is -2.09. The van der Waals surface area contributed by atoms with Gasteiger partial charge in [-0.2, -0.15) is 0 Å². The van der Waals surface area contributed by atoms with Crippen molar-refractivity contribution >= 4 is 42.6 Å². The van der Waals surface area contributed by atoms with Crippen LogP contribution >= 0.6 is 11.3 Å². The minimum atomic E-state index is 0.593. The summed E-state index contributed by atoms with van der Waals surface area (Å²) in [5.41, 5.74) is 5.25. The minimum Gasteiger partial charge on any atom is -0.436 e. The summed E-state index contributed by atoms with van der Waals surface area (Å²) in [6.45, 7) is 0. The van der Waals surface area contributed by atoms with Crippen molar-refractivity contribution in [1.29, 1.82) is 0 Å². The van der Waals surface area contributed by atoms with Gasteiger partial charge in [-0.25, -0.2) is 19.9 Å². The molecule has 188 valence electrons. The number of fused-ring (bicyclic) bond motifs is 5. The second-order valence-electron chi connectivity index (χ2n) is 9.50. The molecule has 0 aliphatic carbocycles. The fourth-order valence-corrected chi connectivity index (χ4v) is 6.29. The smallest absolute Gasteiger partial charge is 0.227 e. The van der Waals surface area contributed by atoms with Crippen molar-refractivity contribution in [3.63, 3.8) is 0 Å². The molecule has 0 saturated carbocycles. The molecule has 0 N–H and O–H groups in total. The zero-order valence-corrected chi connectivity index (χ0v) is 22.0. The molecule has 0 radical (unpaired) electrons. The largest absolute Gasteiger partial charge is 0.436 e. The Hall–Kier alpha value is -5.20. The Balaban J connectivity index is 1.45. The lowest BCUT2D eigenvalue weighted by molar-refractivity contribution is 0.620. The van der Waals surface area contributed by atoms with Crippen LogP contribution in [-0.2, 0) is 0 Å². The van der Waals surface area contributed by atoms with E-state index in [4.69, 9.17) is 24.4 Å². The SMILES string of the molecule is c1ccc(-c2nc(-c3ccccc3)nc(-c3cc4oc(-c5ccccc5)nc4c4c3sc3ccccc34)n2)cc1. The number of benzene rings is 5. The van der Waals surface area contributed by atoms with Gasteiger partial charge >= 0.3 is 0 Å². The van der Waals surface area contributed by atoms with Crippen molar-refractivity contribution in [2.24, 2.45) is 0 Å². The van der Waals surface area contributed by atoms with Crippen LogP contribution in [0, 0.1) is 0 Å². The lowest BCUT2D eigenvalue weighted by atomic mass is 10.1. The molecule has 0 fully saturated rings. The quantitative estimate of drug-likeness (QED) is 0.226. The Morgan fingerprint density at radius 2 is 1.07 bits per heavy atom. The molecular formula is C34H20N4OS. The third-order valence-electron chi connectivity index (χ3n) is 6.97. The third kappa shape index (κ3) is 3.77. The maximum atomic E-state index is 6.39. The summed E-state index contributed by atoms with van der Waals surface area (Å²) in [6.07, 6.45) is 0. The highest BCUT2D eigenvalue weighted by molar-refractivity contribution is 7.26. The molecule has 6 heteroatoms. The van der Waals surface area contributed by atoms with Crippen molar-refractivity contribution < 1.29 is 4.42 Å². The molecular weight excluding hydrogens is 512 g/mol. The van der Waals surface area contributed by atoms with E-state index in [1.165, 1.54) is 4.70 Å². The predicted octanol–water partition coefficient (Wildman–Crippen LogP) is 9.05. The van der Waals surface area contributed by atoms with Crippen molar-refractivity contribution in [3.05, 3.63) is 121 Å². The Kier molecular flexibility index (Phi) is 5.24. The maximum Gasteiger partial charge on any atom is 0.227 e. The topological polar surface area (TPSA) is 64.7 Å². The van der Waals surface area contributed by atoms with Crippen LogP contribution in [0.1, 0.15) is 0 Å². The molecule has 3 heterocycles. The molecule has 0 aliphatic heterocycles. The van der Waals surface area contributed by atoms with Crippen molar-refractivity contribution in [3.8, 4) is 45.6 Å². The van der Waals surface area contributed by atoms with Crippen LogP contribution in [0.25, 0.3) is 76.9 Å². The van der Waals surface area contributed by atoms with E-state index in [0.29, 0.717) is 28.9 Å². The maximum absolute atomic E-state index is 6.39. The highest BCUT2D eigenvalue weighted by Crippen LogP contribution is 2.44. The van der Waals surface area contributed by atoms with Crippen LogP contribution in [0.5, 0.6) is 0 Å². The molecule has 0 spiro atoms. The molecule has 0 aliphatic rings. The predicted molar refractivity (Wildman–Crippen MR) is 162 cm³/mol. The molecule has 8 aromatic rings. The van der Waals surface area contributed by atoms with E-state index in [0.717, 1.165) is 43.2 Å². The van der Waals surface area contributed by atoms with Gasteiger partial charge in [0.05, 0.1) is 0 Å². The van der Waals surface area contributed by atoms with E-state index in [9.17, 15) is 0 Å². The van der Waals surface area contributed by atoms with Gasteiger partial charge in [-0.15, -0.1) is 11.3 Å². The molecule has 0 atom stereocenters. The van der Waals surface area contributed by atoms with Crippen molar-refractivity contribution in [2.75, 3.05) is 0 Å². The lowest BCUT2D eigenvalue weighted by Crippen LogP contribution is -2.00. The minimum absolute atomic E-state index is 0.593. The van der Waals surface area contributed by atoms with Crippen molar-refractivity contribution in [2.45, 2.75) is 0 Å². The number of nitrogens with zero attached hydrogens (tertiary/aromatic N) is 4. The molecule has 5 aromatic carbocycles. The third-order valence-corrected chi connectivity index (χ3v) is 8.17. The van der Waals surface area contributed by atoms with Crippen LogP contribution in [0.2, 0.25) is 0 Å². The van der Waals surface area contributed by atoms with E-state index in [1.54, 1.807) is 11.3 Å². The fraction of sp³-hybridized carbons (Fsp3) is 0. The van der Waals surface area contributed by atoms with Gasteiger partial charge in [0.25, 0.3) is 0 Å². The van der Waals surface area contributed by atoms with Crippen LogP contribution in [0.15, 0.2) is 126 Å². The summed E-state index contributed by atoms with van der Waals surface area (Å²) in [6, 6.07) is 40.5. The van der Waals surface area contributed by atoms with E-state index < -0.39 is 0 Å². The summed E-state index contributed by atoms with van der Waals surface area (Å²) < 4.78 is 8.65. The number of aromatic nitrogens is 4. The van der Waals surface area contributed by atoms with Crippen molar-refractivity contribution in [1.82, 2.24) is 19.9 Å². The van der Waals surface area contributed by atoms with Gasteiger partial charge in [0.1, 0.15) is 5.52 Å². The second kappa shape index (κ2) is 9.22. The second-order valence-corrected chi connectivity index (χ2v) is 10.5. The first kappa shape index (κ1) is 22.8. The van der Waals surface area contributed by atoms with Gasteiger partial charge in [-0.3, -0.25) is 0 Å². The van der Waals surface area contributed by atoms with E-state index in [1.807, 2.05) is 97.1 Å². The summed E-state index contributed by atoms with van der Waals surface area (Å²) >= 11 is 1.72. The van der Waals surface area contributed by atoms with Crippen LogP contribution < -0.4 is 0 Å². The van der Waals surface area contributed by atoms with Gasteiger partial charge in [0.15, 0.2) is 23.1 Å². The Morgan fingerprint density at radius 1 is 0.525 bits per heavy atom. The molecule has 0 saturated heterocycles. The van der Waals surface area contributed by atoms with E-state index >= 15 is 0 Å². The highest BCUT2D eigenvalue weighted by Gasteiger charge is 2.22. The highest BCUT2D eigenvalue weighted by atomic mass is 32.1. The van der Waals surface area contributed by atoms with Gasteiger partial charge in [-0.05, 0) is 24.3 Å². The molecule has 5 nitrogen and oxygen atoms in total. The van der Waals surface area contributed by atoms with E-state index in [-0.39, 0.29) is 0 Å². The van der Waals surface area contributed by atoms with Crippen LogP contribution in [0.3, 0.4) is 0 Å². The molecule has 0 amide bonds. The van der Waals surface area contributed by atoms with Gasteiger partial charge < -0.3 is 4.42 Å². The molecule has 8 rings (SSSR count). The van der Waals surface area contributed by atoms with Gasteiger partial charge in [0, 0.05) is 42.4 Å². The monoisotopic (exact) mass is 532 g/mol. The van der Waals surface area contributed by atoms with Crippen LogP contribution in [-0.4, -0.2) is 19.9 Å². The van der Waals surface area contributed by atoms with Crippen LogP contribution in [0.4, 0.5) is 0 Å². The Bertz CT molecular complexity index is 2100. The Morgan fingerprint density at radius 3 is 1.73 bits per heavy atom. The number of thiophene rings is 1. The summed E-state index contributed by atoms with van der Waals surface area (Å²) in [5, 5.41) is 2.20. The summed E-state index contributed by atoms with van der Waals surface area (Å²) in [4.78, 5) is 19.9. The first-order valence-electron chi connectivity index (χ1n) is 13.0. The number of hydrogen-bond donors (Lipinski definition) is 0. The molecule has 0 bridgehead atoms. The molecule has 0 unspecified atom stereocenters. The number of rotatable bonds is 4. The first-order valence-corrected chi connectivity index (χ1v) is 13.8. The van der Waals surface area contributed by atoms with Gasteiger partial charge in [-0.1, -0.05) is 97.1 Å². The normalized spacial score (nSPS) is 11.5. The zero-order chi connectivity index (χ0) is 26.5. The van der Waals surface area contributed by atoms with E-state index in [2.05, 4.69) is 24.3 Å². The first-order chi connectivity index (χ1) is 19.8. The standard InChI is InChI=1S/C34H20N4OS/c1-4-12-21(13-5-1)31-36-32(22-14-6-2-7-15-22)38-33(37-31)25-20-26-29(35-34(39-26)23-16-8-3-9-17-23)28-24-18-10-11-19-27(24)40-30(25)28/h1-20H. The number of hydrogen-bond acceptors (Lipinski definition) is 6. The Labute approximate surface area is 233 Å². The van der Waals surface area contributed by atoms with Gasteiger partial charge in [0.2, 0.25) is 5.89 Å². The number of oxazole rings is 1. The fourth-order valence-electron chi connectivity index (χ4n) is 5.08. The summed E-state index contributed by atoms with van der Waals surface area (Å²) in [5.74, 6) is 2.45. The average Bonchev–Trinajstić information content (AvgIpc) is 3.63. The zero-order valence-electron chi connectivity index (χ0n) is 21.2.